The predicted octanol–water partition coefficient (Wildman–Crippen LogP) is 1.85. The van der Waals surface area contributed by atoms with E-state index in [1.807, 2.05) is 12.1 Å². The number of hydrogen-bond donors (Lipinski definition) is 2. The molecule has 0 radical (unpaired) electrons. The van der Waals surface area contributed by atoms with Crippen LogP contribution in [0.25, 0.3) is 22.8 Å². The fourth-order valence-corrected chi connectivity index (χ4v) is 4.33. The maximum atomic E-state index is 12.4. The standard InChI is InChI=1S/C24H22N8O4/c1-32-9-7-24(34,22(32)33)20-11-19(31-36-20)17-4-2-3-16(28-17)18-5-8-25-23(29-18)30-21-14-12-35-10-6-15(14)26-13-27-21/h2-5,8,11,13,34H,6-7,9-10,12H2,1H3,(H,25,26,27,29,30). The molecule has 1 amide bonds. The van der Waals surface area contributed by atoms with E-state index in [1.54, 1.807) is 31.4 Å². The Kier molecular flexibility index (Phi) is 5.38. The first-order valence-electron chi connectivity index (χ1n) is 11.4. The molecule has 0 bridgehead atoms. The lowest BCUT2D eigenvalue weighted by Crippen LogP contribution is -2.35. The molecule has 182 valence electrons. The van der Waals surface area contributed by atoms with Gasteiger partial charge in [-0.3, -0.25) is 4.79 Å². The third-order valence-corrected chi connectivity index (χ3v) is 6.35. The molecule has 1 fully saturated rings. The molecule has 0 aliphatic carbocycles. The Balaban J connectivity index is 1.27. The first kappa shape index (κ1) is 22.2. The number of likely N-dealkylation sites (N-methyl/N-ethyl adjacent to an activating group) is 1. The van der Waals surface area contributed by atoms with Crippen molar-refractivity contribution in [2.45, 2.75) is 25.0 Å². The molecule has 1 unspecified atom stereocenters. The number of aromatic nitrogens is 6. The maximum Gasteiger partial charge on any atom is 0.262 e. The third kappa shape index (κ3) is 3.85. The lowest BCUT2D eigenvalue weighted by Gasteiger charge is -2.18. The van der Waals surface area contributed by atoms with E-state index in [2.05, 4.69) is 35.4 Å². The monoisotopic (exact) mass is 486 g/mol. The number of rotatable bonds is 5. The average Bonchev–Trinajstić information content (AvgIpc) is 3.52. The zero-order valence-electron chi connectivity index (χ0n) is 19.4. The molecule has 1 atom stereocenters. The second-order valence-electron chi connectivity index (χ2n) is 8.66. The quantitative estimate of drug-likeness (QED) is 0.425. The highest BCUT2D eigenvalue weighted by molar-refractivity contribution is 5.87. The molecular weight excluding hydrogens is 464 g/mol. The number of likely N-dealkylation sites (tertiary alicyclic amines) is 1. The molecule has 0 spiro atoms. The van der Waals surface area contributed by atoms with E-state index in [0.717, 1.165) is 17.7 Å². The van der Waals surface area contributed by atoms with Crippen LogP contribution in [-0.2, 0) is 28.2 Å². The summed E-state index contributed by atoms with van der Waals surface area (Å²) >= 11 is 0. The van der Waals surface area contributed by atoms with Crippen molar-refractivity contribution in [1.29, 1.82) is 0 Å². The molecule has 6 rings (SSSR count). The Hall–Kier alpha value is -4.29. The Morgan fingerprint density at radius 3 is 2.75 bits per heavy atom. The fraction of sp³-hybridized carbons (Fsp3) is 0.292. The lowest BCUT2D eigenvalue weighted by atomic mass is 9.98. The summed E-state index contributed by atoms with van der Waals surface area (Å²) in [5.74, 6) is 0.661. The highest BCUT2D eigenvalue weighted by atomic mass is 16.5. The largest absolute Gasteiger partial charge is 0.376 e. The van der Waals surface area contributed by atoms with Gasteiger partial charge >= 0.3 is 0 Å². The summed E-state index contributed by atoms with van der Waals surface area (Å²) in [6.45, 7) is 1.50. The van der Waals surface area contributed by atoms with Crippen molar-refractivity contribution in [2.75, 3.05) is 25.5 Å². The Morgan fingerprint density at radius 1 is 1.08 bits per heavy atom. The van der Waals surface area contributed by atoms with Crippen molar-refractivity contribution >= 4 is 17.7 Å². The Morgan fingerprint density at radius 2 is 1.92 bits per heavy atom. The number of pyridine rings is 1. The van der Waals surface area contributed by atoms with Gasteiger partial charge in [0, 0.05) is 44.3 Å². The van der Waals surface area contributed by atoms with Crippen LogP contribution in [0, 0.1) is 0 Å². The summed E-state index contributed by atoms with van der Waals surface area (Å²) in [6.07, 6.45) is 4.12. The van der Waals surface area contributed by atoms with E-state index in [-0.39, 0.29) is 12.2 Å². The van der Waals surface area contributed by atoms with Crippen LogP contribution in [0.5, 0.6) is 0 Å². The molecule has 0 saturated carbocycles. The molecule has 0 aromatic carbocycles. The van der Waals surface area contributed by atoms with Crippen molar-refractivity contribution in [3.05, 3.63) is 59.9 Å². The first-order valence-corrected chi connectivity index (χ1v) is 11.4. The molecule has 12 nitrogen and oxygen atoms in total. The van der Waals surface area contributed by atoms with Crippen LogP contribution < -0.4 is 5.32 Å². The Bertz CT molecular complexity index is 1460. The molecular formula is C24H22N8O4. The van der Waals surface area contributed by atoms with Gasteiger partial charge in [0.2, 0.25) is 11.5 Å². The van der Waals surface area contributed by atoms with Crippen molar-refractivity contribution in [3.63, 3.8) is 0 Å². The molecule has 4 aromatic rings. The highest BCUT2D eigenvalue weighted by Crippen LogP contribution is 2.34. The number of amides is 1. The average molecular weight is 486 g/mol. The molecule has 2 aliphatic heterocycles. The van der Waals surface area contributed by atoms with Gasteiger partial charge in [0.05, 0.1) is 36.0 Å². The van der Waals surface area contributed by atoms with Gasteiger partial charge in [-0.25, -0.2) is 24.9 Å². The predicted molar refractivity (Wildman–Crippen MR) is 126 cm³/mol. The van der Waals surface area contributed by atoms with Crippen LogP contribution >= 0.6 is 0 Å². The van der Waals surface area contributed by atoms with Crippen LogP contribution in [0.15, 0.2) is 47.4 Å². The number of carbonyl (C=O) groups excluding carboxylic acids is 1. The minimum Gasteiger partial charge on any atom is -0.376 e. The highest BCUT2D eigenvalue weighted by Gasteiger charge is 2.48. The van der Waals surface area contributed by atoms with E-state index in [1.165, 1.54) is 11.2 Å². The minimum atomic E-state index is -1.71. The van der Waals surface area contributed by atoms with Gasteiger partial charge in [-0.1, -0.05) is 11.2 Å². The van der Waals surface area contributed by atoms with Gasteiger partial charge in [-0.05, 0) is 18.2 Å². The zero-order chi connectivity index (χ0) is 24.7. The van der Waals surface area contributed by atoms with E-state index in [0.29, 0.717) is 54.3 Å². The first-order chi connectivity index (χ1) is 17.5. The van der Waals surface area contributed by atoms with Crippen LogP contribution in [-0.4, -0.2) is 66.2 Å². The molecule has 36 heavy (non-hydrogen) atoms. The maximum absolute atomic E-state index is 12.4. The summed E-state index contributed by atoms with van der Waals surface area (Å²) < 4.78 is 10.9. The summed E-state index contributed by atoms with van der Waals surface area (Å²) in [5, 5.41) is 18.0. The SMILES string of the molecule is CN1CCC(O)(c2cc(-c3cccc(-c4ccnc(Nc5ncnc6c5COCC6)n4)n3)no2)C1=O. The van der Waals surface area contributed by atoms with E-state index in [9.17, 15) is 9.90 Å². The molecule has 1 saturated heterocycles. The molecule has 12 heteroatoms. The number of hydrogen-bond acceptors (Lipinski definition) is 11. The van der Waals surface area contributed by atoms with Crippen molar-refractivity contribution in [3.8, 4) is 22.8 Å². The molecule has 6 heterocycles. The summed E-state index contributed by atoms with van der Waals surface area (Å²) in [6, 6.07) is 8.71. The van der Waals surface area contributed by atoms with Crippen LogP contribution in [0.2, 0.25) is 0 Å². The lowest BCUT2D eigenvalue weighted by molar-refractivity contribution is -0.144. The van der Waals surface area contributed by atoms with Gasteiger partial charge in [0.25, 0.3) is 5.91 Å². The number of nitrogens with one attached hydrogen (secondary N) is 1. The van der Waals surface area contributed by atoms with Crippen molar-refractivity contribution < 1.29 is 19.2 Å². The van der Waals surface area contributed by atoms with Crippen LogP contribution in [0.1, 0.15) is 23.4 Å². The van der Waals surface area contributed by atoms with E-state index >= 15 is 0 Å². The van der Waals surface area contributed by atoms with Crippen LogP contribution in [0.3, 0.4) is 0 Å². The summed E-state index contributed by atoms with van der Waals surface area (Å²) in [7, 11) is 1.64. The second kappa shape index (κ2) is 8.73. The van der Waals surface area contributed by atoms with Gasteiger partial charge in [0.15, 0.2) is 5.76 Å². The second-order valence-corrected chi connectivity index (χ2v) is 8.66. The van der Waals surface area contributed by atoms with Crippen LogP contribution in [0.4, 0.5) is 11.8 Å². The van der Waals surface area contributed by atoms with E-state index < -0.39 is 11.5 Å². The third-order valence-electron chi connectivity index (χ3n) is 6.35. The smallest absolute Gasteiger partial charge is 0.262 e. The van der Waals surface area contributed by atoms with Gasteiger partial charge in [-0.15, -0.1) is 0 Å². The number of anilines is 2. The minimum absolute atomic E-state index is 0.102. The molecule has 2 aliphatic rings. The normalized spacial score (nSPS) is 19.4. The number of aliphatic hydroxyl groups is 1. The zero-order valence-corrected chi connectivity index (χ0v) is 19.4. The number of fused-ring (bicyclic) bond motifs is 1. The number of carbonyl (C=O) groups is 1. The Labute approximate surface area is 205 Å². The van der Waals surface area contributed by atoms with Gasteiger partial charge < -0.3 is 24.6 Å². The van der Waals surface area contributed by atoms with Gasteiger partial charge in [0.1, 0.15) is 17.8 Å². The van der Waals surface area contributed by atoms with Crippen molar-refractivity contribution in [2.24, 2.45) is 0 Å². The topological polar surface area (TPSA) is 152 Å². The fourth-order valence-electron chi connectivity index (χ4n) is 4.33. The molecule has 4 aromatic heterocycles. The number of ether oxygens (including phenoxy) is 1. The molecule has 2 N–H and O–H groups in total. The summed E-state index contributed by atoms with van der Waals surface area (Å²) in [5.41, 5.74) is 2.23. The van der Waals surface area contributed by atoms with E-state index in [4.69, 9.17) is 9.26 Å². The van der Waals surface area contributed by atoms with Crippen molar-refractivity contribution in [1.82, 2.24) is 35.0 Å². The number of nitrogens with zero attached hydrogens (tertiary/aromatic N) is 7. The van der Waals surface area contributed by atoms with Gasteiger partial charge in [-0.2, -0.15) is 0 Å². The summed E-state index contributed by atoms with van der Waals surface area (Å²) in [4.78, 5) is 36.1.